The molecule has 0 saturated carbocycles. The number of unbranched alkanes of at least 4 members (excludes halogenated alkanes) is 2. The van der Waals surface area contributed by atoms with Gasteiger partial charge in [0.05, 0.1) is 5.71 Å². The largest absolute Gasteiger partial charge is 0.488 e. The molecule has 0 amide bonds. The van der Waals surface area contributed by atoms with Gasteiger partial charge in [-0.05, 0) is 23.9 Å². The monoisotopic (exact) mass is 261 g/mol. The first-order valence-electron chi connectivity index (χ1n) is 6.90. The third kappa shape index (κ3) is 3.82. The van der Waals surface area contributed by atoms with Crippen molar-refractivity contribution in [3.8, 4) is 0 Å². The smallest absolute Gasteiger partial charge is 0.423 e. The highest BCUT2D eigenvalue weighted by Gasteiger charge is 2.22. The maximum absolute atomic E-state index is 9.04. The molecule has 1 aliphatic heterocycles. The quantitative estimate of drug-likeness (QED) is 0.601. The zero-order chi connectivity index (χ0) is 13.7. The standard InChI is InChI=1S/C14H20BNO3/c1-2-3-4-5-13-10-14(16-19-13)11-6-8-12(9-7-11)15(17)18/h6-9,13,17-18H,2-5,10H2,1H3. The molecule has 4 nitrogen and oxygen atoms in total. The number of oxime groups is 1. The van der Waals surface area contributed by atoms with Crippen LogP contribution in [0.2, 0.25) is 0 Å². The summed E-state index contributed by atoms with van der Waals surface area (Å²) in [6.45, 7) is 2.19. The predicted molar refractivity (Wildman–Crippen MR) is 76.4 cm³/mol. The molecule has 0 radical (unpaired) electrons. The van der Waals surface area contributed by atoms with Crippen molar-refractivity contribution in [3.63, 3.8) is 0 Å². The molecule has 0 saturated heterocycles. The van der Waals surface area contributed by atoms with E-state index in [1.165, 1.54) is 19.3 Å². The first-order valence-corrected chi connectivity index (χ1v) is 6.90. The normalized spacial score (nSPS) is 18.1. The summed E-state index contributed by atoms with van der Waals surface area (Å²) < 4.78 is 0. The lowest BCUT2D eigenvalue weighted by Gasteiger charge is -2.06. The van der Waals surface area contributed by atoms with Gasteiger partial charge in [0.2, 0.25) is 0 Å². The molecule has 19 heavy (non-hydrogen) atoms. The Balaban J connectivity index is 1.89. The summed E-state index contributed by atoms with van der Waals surface area (Å²) in [5.74, 6) is 0. The van der Waals surface area contributed by atoms with Gasteiger partial charge >= 0.3 is 7.12 Å². The van der Waals surface area contributed by atoms with Crippen molar-refractivity contribution in [2.24, 2.45) is 5.16 Å². The van der Waals surface area contributed by atoms with Crippen LogP contribution in [0, 0.1) is 0 Å². The van der Waals surface area contributed by atoms with Gasteiger partial charge in [0.25, 0.3) is 0 Å². The molecule has 0 fully saturated rings. The van der Waals surface area contributed by atoms with Gasteiger partial charge in [0.1, 0.15) is 6.10 Å². The minimum absolute atomic E-state index is 0.199. The zero-order valence-corrected chi connectivity index (χ0v) is 11.2. The molecule has 0 spiro atoms. The van der Waals surface area contributed by atoms with Crippen LogP contribution in [-0.2, 0) is 4.84 Å². The van der Waals surface area contributed by atoms with Crippen LogP contribution in [0.25, 0.3) is 0 Å². The summed E-state index contributed by atoms with van der Waals surface area (Å²) >= 11 is 0. The van der Waals surface area contributed by atoms with Crippen molar-refractivity contribution in [3.05, 3.63) is 29.8 Å². The minimum Gasteiger partial charge on any atom is -0.423 e. The summed E-state index contributed by atoms with van der Waals surface area (Å²) in [7, 11) is -1.42. The van der Waals surface area contributed by atoms with Gasteiger partial charge in [-0.2, -0.15) is 0 Å². The molecule has 1 unspecified atom stereocenters. The van der Waals surface area contributed by atoms with E-state index in [1.54, 1.807) is 12.1 Å². The van der Waals surface area contributed by atoms with E-state index in [-0.39, 0.29) is 6.10 Å². The summed E-state index contributed by atoms with van der Waals surface area (Å²) in [5.41, 5.74) is 2.42. The third-order valence-corrected chi connectivity index (χ3v) is 3.40. The van der Waals surface area contributed by atoms with E-state index >= 15 is 0 Å². The molecule has 5 heteroatoms. The molecular formula is C14H20BNO3. The number of rotatable bonds is 6. The van der Waals surface area contributed by atoms with Crippen LogP contribution in [0.4, 0.5) is 0 Å². The Hall–Kier alpha value is -1.33. The number of hydrogen-bond acceptors (Lipinski definition) is 4. The summed E-state index contributed by atoms with van der Waals surface area (Å²) in [6.07, 6.45) is 5.71. The van der Waals surface area contributed by atoms with Crippen LogP contribution in [0.3, 0.4) is 0 Å². The fourth-order valence-corrected chi connectivity index (χ4v) is 2.22. The van der Waals surface area contributed by atoms with Crippen molar-refractivity contribution in [1.29, 1.82) is 0 Å². The molecule has 0 aliphatic carbocycles. The molecule has 102 valence electrons. The highest BCUT2D eigenvalue weighted by atomic mass is 16.6. The Morgan fingerprint density at radius 3 is 2.63 bits per heavy atom. The van der Waals surface area contributed by atoms with E-state index < -0.39 is 7.12 Å². The Kier molecular flexibility index (Phi) is 4.99. The fourth-order valence-electron chi connectivity index (χ4n) is 2.22. The SMILES string of the molecule is CCCCCC1CC(c2ccc(B(O)O)cc2)=NO1. The third-order valence-electron chi connectivity index (χ3n) is 3.40. The minimum atomic E-state index is -1.42. The van der Waals surface area contributed by atoms with Crippen LogP contribution < -0.4 is 5.46 Å². The Bertz CT molecular complexity index is 431. The van der Waals surface area contributed by atoms with E-state index in [0.717, 1.165) is 24.1 Å². The summed E-state index contributed by atoms with van der Waals surface area (Å²) in [4.78, 5) is 5.43. The van der Waals surface area contributed by atoms with Gasteiger partial charge in [-0.25, -0.2) is 0 Å². The number of hydrogen-bond donors (Lipinski definition) is 2. The molecule has 1 aliphatic rings. The molecule has 2 N–H and O–H groups in total. The Morgan fingerprint density at radius 2 is 2.00 bits per heavy atom. The maximum Gasteiger partial charge on any atom is 0.488 e. The van der Waals surface area contributed by atoms with E-state index in [0.29, 0.717) is 5.46 Å². The number of benzene rings is 1. The second-order valence-corrected chi connectivity index (χ2v) is 4.96. The molecule has 0 aromatic heterocycles. The maximum atomic E-state index is 9.04. The van der Waals surface area contributed by atoms with E-state index in [2.05, 4.69) is 12.1 Å². The van der Waals surface area contributed by atoms with Crippen molar-refractivity contribution in [1.82, 2.24) is 0 Å². The summed E-state index contributed by atoms with van der Waals surface area (Å²) in [5, 5.41) is 22.2. The van der Waals surface area contributed by atoms with Gasteiger partial charge < -0.3 is 14.9 Å². The molecular weight excluding hydrogens is 241 g/mol. The van der Waals surface area contributed by atoms with Gasteiger partial charge in [-0.3, -0.25) is 0 Å². The van der Waals surface area contributed by atoms with Crippen molar-refractivity contribution in [2.45, 2.75) is 45.1 Å². The second-order valence-electron chi connectivity index (χ2n) is 4.96. The first-order chi connectivity index (χ1) is 9.20. The molecule has 2 rings (SSSR count). The van der Waals surface area contributed by atoms with E-state index in [9.17, 15) is 0 Å². The van der Waals surface area contributed by atoms with Gasteiger partial charge in [0, 0.05) is 6.42 Å². The van der Waals surface area contributed by atoms with E-state index in [1.807, 2.05) is 12.1 Å². The predicted octanol–water partition coefficient (Wildman–Crippen LogP) is 1.44. The fraction of sp³-hybridized carbons (Fsp3) is 0.500. The molecule has 0 bridgehead atoms. The molecule has 1 heterocycles. The molecule has 1 aromatic rings. The Morgan fingerprint density at radius 1 is 1.26 bits per heavy atom. The first kappa shape index (κ1) is 14.1. The average Bonchev–Trinajstić information content (AvgIpc) is 2.88. The summed E-state index contributed by atoms with van der Waals surface area (Å²) in [6, 6.07) is 7.11. The lowest BCUT2D eigenvalue weighted by Crippen LogP contribution is -2.29. The van der Waals surface area contributed by atoms with Crippen LogP contribution in [0.15, 0.2) is 29.4 Å². The van der Waals surface area contributed by atoms with Crippen molar-refractivity contribution < 1.29 is 14.9 Å². The van der Waals surface area contributed by atoms with Crippen molar-refractivity contribution in [2.75, 3.05) is 0 Å². The van der Waals surface area contributed by atoms with Gasteiger partial charge in [-0.1, -0.05) is 49.2 Å². The average molecular weight is 261 g/mol. The van der Waals surface area contributed by atoms with Crippen molar-refractivity contribution >= 4 is 18.3 Å². The molecule has 1 atom stereocenters. The highest BCUT2D eigenvalue weighted by molar-refractivity contribution is 6.58. The molecule has 1 aromatic carbocycles. The lowest BCUT2D eigenvalue weighted by atomic mass is 9.80. The van der Waals surface area contributed by atoms with Gasteiger partial charge in [0.15, 0.2) is 0 Å². The number of nitrogens with zero attached hydrogens (tertiary/aromatic N) is 1. The Labute approximate surface area is 114 Å². The highest BCUT2D eigenvalue weighted by Crippen LogP contribution is 2.20. The van der Waals surface area contributed by atoms with Gasteiger partial charge in [-0.15, -0.1) is 0 Å². The van der Waals surface area contributed by atoms with Crippen LogP contribution in [0.5, 0.6) is 0 Å². The van der Waals surface area contributed by atoms with E-state index in [4.69, 9.17) is 14.9 Å². The van der Waals surface area contributed by atoms with Crippen LogP contribution in [-0.4, -0.2) is 29.0 Å². The topological polar surface area (TPSA) is 62.0 Å². The van der Waals surface area contributed by atoms with Crippen LogP contribution >= 0.6 is 0 Å². The van der Waals surface area contributed by atoms with Crippen LogP contribution in [0.1, 0.15) is 44.6 Å². The lowest BCUT2D eigenvalue weighted by molar-refractivity contribution is 0.0771. The second kappa shape index (κ2) is 6.73. The zero-order valence-electron chi connectivity index (χ0n) is 11.2.